The Morgan fingerprint density at radius 2 is 1.59 bits per heavy atom. The molecule has 2 aromatic carbocycles. The second-order valence-electron chi connectivity index (χ2n) is 5.35. The van der Waals surface area contributed by atoms with Gasteiger partial charge in [-0.05, 0) is 50.2 Å². The van der Waals surface area contributed by atoms with Gasteiger partial charge in [0.15, 0.2) is 0 Å². The molecule has 0 aliphatic rings. The van der Waals surface area contributed by atoms with Crippen molar-refractivity contribution in [3.05, 3.63) is 54.8 Å². The summed E-state index contributed by atoms with van der Waals surface area (Å²) in [4.78, 5) is 4.52. The summed E-state index contributed by atoms with van der Waals surface area (Å²) in [7, 11) is 0. The fourth-order valence-electron chi connectivity index (χ4n) is 2.14. The van der Waals surface area contributed by atoms with Gasteiger partial charge in [-0.2, -0.15) is 0 Å². The molecule has 0 aliphatic carbocycles. The maximum atomic E-state index is 5.69. The molecule has 4 heteroatoms. The van der Waals surface area contributed by atoms with Crippen molar-refractivity contribution >= 4 is 5.69 Å². The molecule has 3 rings (SSSR count). The second kappa shape index (κ2) is 5.93. The van der Waals surface area contributed by atoms with Crippen LogP contribution in [0.5, 0.6) is 5.75 Å². The summed E-state index contributed by atoms with van der Waals surface area (Å²) in [5.74, 6) is 1.42. The topological polar surface area (TPSA) is 61.3 Å². The number of oxazole rings is 1. The molecule has 0 bridgehead atoms. The summed E-state index contributed by atoms with van der Waals surface area (Å²) in [5.41, 5.74) is 9.10. The third-order valence-electron chi connectivity index (χ3n) is 3.18. The highest BCUT2D eigenvalue weighted by atomic mass is 16.5. The summed E-state index contributed by atoms with van der Waals surface area (Å²) in [6.45, 7) is 4.00. The summed E-state index contributed by atoms with van der Waals surface area (Å²) >= 11 is 0. The molecule has 3 aromatic rings. The van der Waals surface area contributed by atoms with Crippen molar-refractivity contribution in [3.63, 3.8) is 0 Å². The normalized spacial score (nSPS) is 10.9. The van der Waals surface area contributed by atoms with Gasteiger partial charge < -0.3 is 14.9 Å². The fraction of sp³-hybridized carbons (Fsp3) is 0.167. The minimum absolute atomic E-state index is 0.157. The minimum atomic E-state index is 0.157. The smallest absolute Gasteiger partial charge is 0.226 e. The lowest BCUT2D eigenvalue weighted by Crippen LogP contribution is -2.05. The Bertz CT molecular complexity index is 744. The Hall–Kier alpha value is -2.75. The quantitative estimate of drug-likeness (QED) is 0.725. The molecule has 112 valence electrons. The summed E-state index contributed by atoms with van der Waals surface area (Å²) in [6, 6.07) is 15.3. The molecule has 4 nitrogen and oxygen atoms in total. The first-order chi connectivity index (χ1) is 10.6. The molecule has 1 heterocycles. The molecule has 0 amide bonds. The number of benzene rings is 2. The van der Waals surface area contributed by atoms with Crippen LogP contribution in [0.3, 0.4) is 0 Å². The molecule has 0 unspecified atom stereocenters. The van der Waals surface area contributed by atoms with E-state index < -0.39 is 0 Å². The van der Waals surface area contributed by atoms with Gasteiger partial charge in [-0.15, -0.1) is 0 Å². The van der Waals surface area contributed by atoms with E-state index in [1.807, 2.05) is 62.4 Å². The number of rotatable bonds is 4. The zero-order valence-corrected chi connectivity index (χ0v) is 12.6. The molecule has 0 fully saturated rings. The van der Waals surface area contributed by atoms with Crippen LogP contribution in [0.15, 0.2) is 59.2 Å². The van der Waals surface area contributed by atoms with E-state index in [4.69, 9.17) is 14.9 Å². The maximum Gasteiger partial charge on any atom is 0.226 e. The summed E-state index contributed by atoms with van der Waals surface area (Å²) in [6.07, 6.45) is 1.81. The molecule has 22 heavy (non-hydrogen) atoms. The Kier molecular flexibility index (Phi) is 3.83. The zero-order chi connectivity index (χ0) is 15.5. The van der Waals surface area contributed by atoms with Crippen molar-refractivity contribution in [2.45, 2.75) is 20.0 Å². The van der Waals surface area contributed by atoms with Crippen molar-refractivity contribution in [1.29, 1.82) is 0 Å². The van der Waals surface area contributed by atoms with Crippen LogP contribution < -0.4 is 10.5 Å². The number of hydrogen-bond acceptors (Lipinski definition) is 4. The average molecular weight is 294 g/mol. The largest absolute Gasteiger partial charge is 0.491 e. The Morgan fingerprint density at radius 3 is 2.23 bits per heavy atom. The van der Waals surface area contributed by atoms with E-state index in [1.165, 1.54) is 0 Å². The molecule has 0 radical (unpaired) electrons. The summed E-state index contributed by atoms with van der Waals surface area (Å²) in [5, 5.41) is 0. The number of hydrogen-bond donors (Lipinski definition) is 1. The molecule has 2 N–H and O–H groups in total. The number of nitrogens with zero attached hydrogens (tertiary/aromatic N) is 1. The monoisotopic (exact) mass is 294 g/mol. The number of nitrogens with two attached hydrogens (primary N) is 1. The van der Waals surface area contributed by atoms with E-state index >= 15 is 0 Å². The molecule has 0 atom stereocenters. The third-order valence-corrected chi connectivity index (χ3v) is 3.18. The Labute approximate surface area is 129 Å². The van der Waals surface area contributed by atoms with Gasteiger partial charge in [-0.25, -0.2) is 4.98 Å². The fourth-order valence-corrected chi connectivity index (χ4v) is 2.14. The predicted octanol–water partition coefficient (Wildman–Crippen LogP) is 4.38. The van der Waals surface area contributed by atoms with E-state index in [0.29, 0.717) is 5.89 Å². The minimum Gasteiger partial charge on any atom is -0.491 e. The highest BCUT2D eigenvalue weighted by molar-refractivity contribution is 5.64. The molecule has 1 aromatic heterocycles. The lowest BCUT2D eigenvalue weighted by atomic mass is 10.1. The maximum absolute atomic E-state index is 5.69. The molecular weight excluding hydrogens is 276 g/mol. The molecule has 0 saturated carbocycles. The van der Waals surface area contributed by atoms with Gasteiger partial charge in [0.1, 0.15) is 17.7 Å². The van der Waals surface area contributed by atoms with Crippen LogP contribution in [0, 0.1) is 0 Å². The number of aromatic nitrogens is 1. The number of nitrogen functional groups attached to an aromatic ring is 1. The van der Waals surface area contributed by atoms with E-state index in [9.17, 15) is 0 Å². The Balaban J connectivity index is 1.82. The van der Waals surface area contributed by atoms with Gasteiger partial charge in [-0.1, -0.05) is 12.1 Å². The molecule has 0 aliphatic heterocycles. The standard InChI is InChI=1S/C18H18N2O2/c1-12(2)22-16-9-5-14(6-10-16)18-20-17(11-21-18)13-3-7-15(19)8-4-13/h3-12H,19H2,1-2H3. The first-order valence-corrected chi connectivity index (χ1v) is 7.20. The second-order valence-corrected chi connectivity index (χ2v) is 5.35. The van der Waals surface area contributed by atoms with Crippen molar-refractivity contribution < 1.29 is 9.15 Å². The van der Waals surface area contributed by atoms with Crippen LogP contribution in [0.2, 0.25) is 0 Å². The van der Waals surface area contributed by atoms with Gasteiger partial charge in [-0.3, -0.25) is 0 Å². The lowest BCUT2D eigenvalue weighted by Gasteiger charge is -2.09. The van der Waals surface area contributed by atoms with E-state index in [1.54, 1.807) is 6.26 Å². The van der Waals surface area contributed by atoms with Gasteiger partial charge in [0.2, 0.25) is 5.89 Å². The van der Waals surface area contributed by atoms with Gasteiger partial charge in [0.05, 0.1) is 6.10 Å². The number of ether oxygens (including phenoxy) is 1. The van der Waals surface area contributed by atoms with Crippen LogP contribution in [0.1, 0.15) is 13.8 Å². The van der Waals surface area contributed by atoms with E-state index in [0.717, 1.165) is 28.3 Å². The molecule has 0 saturated heterocycles. The van der Waals surface area contributed by atoms with Gasteiger partial charge in [0.25, 0.3) is 0 Å². The van der Waals surface area contributed by atoms with Crippen molar-refractivity contribution in [3.8, 4) is 28.5 Å². The molecule has 0 spiro atoms. The summed E-state index contributed by atoms with van der Waals surface area (Å²) < 4.78 is 11.2. The predicted molar refractivity (Wildman–Crippen MR) is 87.6 cm³/mol. The SMILES string of the molecule is CC(C)Oc1ccc(-c2nc(-c3ccc(N)cc3)co2)cc1. The molecular formula is C18H18N2O2. The Morgan fingerprint density at radius 1 is 0.955 bits per heavy atom. The van der Waals surface area contributed by atoms with Crippen LogP contribution >= 0.6 is 0 Å². The van der Waals surface area contributed by atoms with Crippen LogP contribution in [-0.2, 0) is 0 Å². The number of anilines is 1. The van der Waals surface area contributed by atoms with E-state index in [-0.39, 0.29) is 6.10 Å². The highest BCUT2D eigenvalue weighted by Crippen LogP contribution is 2.26. The third kappa shape index (κ3) is 3.11. The van der Waals surface area contributed by atoms with Crippen LogP contribution in [-0.4, -0.2) is 11.1 Å². The van der Waals surface area contributed by atoms with Crippen molar-refractivity contribution in [2.75, 3.05) is 5.73 Å². The van der Waals surface area contributed by atoms with Gasteiger partial charge in [0, 0.05) is 16.8 Å². The van der Waals surface area contributed by atoms with Gasteiger partial charge >= 0.3 is 0 Å². The lowest BCUT2D eigenvalue weighted by molar-refractivity contribution is 0.242. The van der Waals surface area contributed by atoms with Crippen LogP contribution in [0.25, 0.3) is 22.7 Å². The highest BCUT2D eigenvalue weighted by Gasteiger charge is 2.09. The van der Waals surface area contributed by atoms with Crippen molar-refractivity contribution in [1.82, 2.24) is 4.98 Å². The van der Waals surface area contributed by atoms with Crippen molar-refractivity contribution in [2.24, 2.45) is 0 Å². The average Bonchev–Trinajstić information content (AvgIpc) is 2.98. The zero-order valence-electron chi connectivity index (χ0n) is 12.6. The van der Waals surface area contributed by atoms with Crippen LogP contribution in [0.4, 0.5) is 5.69 Å². The first-order valence-electron chi connectivity index (χ1n) is 7.20. The first kappa shape index (κ1) is 14.2. The van der Waals surface area contributed by atoms with E-state index in [2.05, 4.69) is 4.98 Å².